The molecule has 17 heavy (non-hydrogen) atoms. The summed E-state index contributed by atoms with van der Waals surface area (Å²) in [6.07, 6.45) is 2.35. The third kappa shape index (κ3) is 4.17. The van der Waals surface area contributed by atoms with Crippen molar-refractivity contribution in [1.82, 2.24) is 0 Å². The van der Waals surface area contributed by atoms with Crippen molar-refractivity contribution < 1.29 is 9.47 Å². The van der Waals surface area contributed by atoms with Crippen LogP contribution in [0.4, 0.5) is 5.69 Å². The zero-order chi connectivity index (χ0) is 12.7. The van der Waals surface area contributed by atoms with Gasteiger partial charge in [-0.15, -0.1) is 0 Å². The third-order valence-electron chi connectivity index (χ3n) is 2.60. The van der Waals surface area contributed by atoms with Crippen molar-refractivity contribution in [3.8, 4) is 11.5 Å². The Bertz CT molecular complexity index is 339. The van der Waals surface area contributed by atoms with Crippen molar-refractivity contribution >= 4 is 5.69 Å². The molecular formula is C14H23NO2. The van der Waals surface area contributed by atoms with Crippen molar-refractivity contribution in [1.29, 1.82) is 0 Å². The Morgan fingerprint density at radius 2 is 2.00 bits per heavy atom. The average Bonchev–Trinajstić information content (AvgIpc) is 2.31. The molecule has 0 aliphatic carbocycles. The summed E-state index contributed by atoms with van der Waals surface area (Å²) in [6, 6.07) is 6.43. The van der Waals surface area contributed by atoms with Gasteiger partial charge in [-0.05, 0) is 32.4 Å². The number of ether oxygens (including phenoxy) is 2. The van der Waals surface area contributed by atoms with Gasteiger partial charge in [-0.1, -0.05) is 13.3 Å². The summed E-state index contributed by atoms with van der Waals surface area (Å²) in [7, 11) is 1.66. The monoisotopic (exact) mass is 237 g/mol. The Balaban J connectivity index is 2.74. The Morgan fingerprint density at radius 1 is 1.24 bits per heavy atom. The van der Waals surface area contributed by atoms with Crippen molar-refractivity contribution in [2.75, 3.05) is 19.0 Å². The molecule has 0 spiro atoms. The van der Waals surface area contributed by atoms with Gasteiger partial charge >= 0.3 is 0 Å². The van der Waals surface area contributed by atoms with E-state index in [4.69, 9.17) is 9.47 Å². The molecule has 1 N–H and O–H groups in total. The van der Waals surface area contributed by atoms with E-state index in [1.165, 1.54) is 6.42 Å². The van der Waals surface area contributed by atoms with E-state index < -0.39 is 0 Å². The normalized spacial score (nSPS) is 12.0. The van der Waals surface area contributed by atoms with Gasteiger partial charge in [0.1, 0.15) is 0 Å². The van der Waals surface area contributed by atoms with Crippen LogP contribution < -0.4 is 14.8 Å². The number of nitrogens with one attached hydrogen (secondary N) is 1. The van der Waals surface area contributed by atoms with E-state index in [0.717, 1.165) is 23.6 Å². The van der Waals surface area contributed by atoms with Crippen LogP contribution in [0.5, 0.6) is 11.5 Å². The standard InChI is InChI=1S/C14H23NO2/c1-5-7-11(3)15-12-8-9-13(17-6-2)14(10-12)16-4/h8-11,15H,5-7H2,1-4H3. The van der Waals surface area contributed by atoms with E-state index >= 15 is 0 Å². The highest BCUT2D eigenvalue weighted by Gasteiger charge is 2.06. The van der Waals surface area contributed by atoms with Crippen LogP contribution in [0.15, 0.2) is 18.2 Å². The number of anilines is 1. The first-order valence-corrected chi connectivity index (χ1v) is 6.28. The van der Waals surface area contributed by atoms with Crippen molar-refractivity contribution in [2.24, 2.45) is 0 Å². The highest BCUT2D eigenvalue weighted by molar-refractivity contribution is 5.55. The van der Waals surface area contributed by atoms with E-state index in [0.29, 0.717) is 12.6 Å². The van der Waals surface area contributed by atoms with Crippen LogP contribution in [0.2, 0.25) is 0 Å². The van der Waals surface area contributed by atoms with Crippen LogP contribution in [-0.2, 0) is 0 Å². The van der Waals surface area contributed by atoms with Crippen LogP contribution in [0.25, 0.3) is 0 Å². The van der Waals surface area contributed by atoms with E-state index in [1.54, 1.807) is 7.11 Å². The van der Waals surface area contributed by atoms with Gasteiger partial charge in [0.15, 0.2) is 11.5 Å². The lowest BCUT2D eigenvalue weighted by Crippen LogP contribution is -2.14. The average molecular weight is 237 g/mol. The lowest BCUT2D eigenvalue weighted by molar-refractivity contribution is 0.311. The molecule has 0 saturated heterocycles. The second kappa shape index (κ2) is 7.05. The Kier molecular flexibility index (Phi) is 5.67. The molecule has 1 unspecified atom stereocenters. The number of benzene rings is 1. The molecule has 0 heterocycles. The fourth-order valence-electron chi connectivity index (χ4n) is 1.82. The van der Waals surface area contributed by atoms with Crippen LogP contribution in [-0.4, -0.2) is 19.8 Å². The fraction of sp³-hybridized carbons (Fsp3) is 0.571. The van der Waals surface area contributed by atoms with Gasteiger partial charge in [-0.25, -0.2) is 0 Å². The summed E-state index contributed by atoms with van der Waals surface area (Å²) < 4.78 is 10.8. The minimum absolute atomic E-state index is 0.475. The molecular weight excluding hydrogens is 214 g/mol. The Labute approximate surface area is 104 Å². The van der Waals surface area contributed by atoms with Crippen LogP contribution in [0, 0.1) is 0 Å². The molecule has 3 nitrogen and oxygen atoms in total. The smallest absolute Gasteiger partial charge is 0.162 e. The van der Waals surface area contributed by atoms with Crippen LogP contribution in [0.1, 0.15) is 33.6 Å². The maximum atomic E-state index is 5.48. The summed E-state index contributed by atoms with van der Waals surface area (Å²) in [5, 5.41) is 3.45. The summed E-state index contributed by atoms with van der Waals surface area (Å²) in [6.45, 7) is 6.99. The maximum absolute atomic E-state index is 5.48. The number of hydrogen-bond donors (Lipinski definition) is 1. The largest absolute Gasteiger partial charge is 0.493 e. The molecule has 3 heteroatoms. The first-order chi connectivity index (χ1) is 8.21. The van der Waals surface area contributed by atoms with Gasteiger partial charge in [0, 0.05) is 17.8 Å². The quantitative estimate of drug-likeness (QED) is 0.784. The lowest BCUT2D eigenvalue weighted by Gasteiger charge is -2.16. The maximum Gasteiger partial charge on any atom is 0.162 e. The van der Waals surface area contributed by atoms with E-state index in [9.17, 15) is 0 Å². The molecule has 1 rings (SSSR count). The summed E-state index contributed by atoms with van der Waals surface area (Å²) >= 11 is 0. The zero-order valence-corrected chi connectivity index (χ0v) is 11.2. The molecule has 1 aromatic carbocycles. The summed E-state index contributed by atoms with van der Waals surface area (Å²) in [4.78, 5) is 0. The van der Waals surface area contributed by atoms with Crippen LogP contribution in [0.3, 0.4) is 0 Å². The molecule has 0 aromatic heterocycles. The molecule has 1 aromatic rings. The van der Waals surface area contributed by atoms with E-state index in [-0.39, 0.29) is 0 Å². The molecule has 0 aliphatic rings. The number of rotatable bonds is 7. The minimum atomic E-state index is 0.475. The van der Waals surface area contributed by atoms with Gasteiger partial charge in [0.25, 0.3) is 0 Å². The van der Waals surface area contributed by atoms with Gasteiger partial charge in [-0.3, -0.25) is 0 Å². The predicted octanol–water partition coefficient (Wildman–Crippen LogP) is 3.69. The van der Waals surface area contributed by atoms with Crippen LogP contribution >= 0.6 is 0 Å². The van der Waals surface area contributed by atoms with E-state index in [1.807, 2.05) is 25.1 Å². The van der Waals surface area contributed by atoms with Gasteiger partial charge < -0.3 is 14.8 Å². The highest BCUT2D eigenvalue weighted by atomic mass is 16.5. The van der Waals surface area contributed by atoms with Gasteiger partial charge in [0.05, 0.1) is 13.7 Å². The molecule has 0 aliphatic heterocycles. The number of hydrogen-bond acceptors (Lipinski definition) is 3. The van der Waals surface area contributed by atoms with Crippen molar-refractivity contribution in [2.45, 2.75) is 39.7 Å². The van der Waals surface area contributed by atoms with E-state index in [2.05, 4.69) is 19.2 Å². The first-order valence-electron chi connectivity index (χ1n) is 6.28. The molecule has 1 atom stereocenters. The molecule has 0 saturated carbocycles. The SMILES string of the molecule is CCCC(C)Nc1ccc(OCC)c(OC)c1. The Hall–Kier alpha value is -1.38. The third-order valence-corrected chi connectivity index (χ3v) is 2.60. The first kappa shape index (κ1) is 13.7. The second-order valence-electron chi connectivity index (χ2n) is 4.13. The molecule has 96 valence electrons. The zero-order valence-electron chi connectivity index (χ0n) is 11.2. The Morgan fingerprint density at radius 3 is 2.59 bits per heavy atom. The van der Waals surface area contributed by atoms with Crippen molar-refractivity contribution in [3.05, 3.63) is 18.2 Å². The molecule has 0 fully saturated rings. The summed E-state index contributed by atoms with van der Waals surface area (Å²) in [5.74, 6) is 1.57. The minimum Gasteiger partial charge on any atom is -0.493 e. The van der Waals surface area contributed by atoms with Crippen molar-refractivity contribution in [3.63, 3.8) is 0 Å². The highest BCUT2D eigenvalue weighted by Crippen LogP contribution is 2.30. The molecule has 0 radical (unpaired) electrons. The molecule has 0 bridgehead atoms. The topological polar surface area (TPSA) is 30.5 Å². The predicted molar refractivity (Wildman–Crippen MR) is 72.2 cm³/mol. The summed E-state index contributed by atoms with van der Waals surface area (Å²) in [5.41, 5.74) is 1.08. The number of methoxy groups -OCH3 is 1. The lowest BCUT2D eigenvalue weighted by atomic mass is 10.2. The molecule has 0 amide bonds. The second-order valence-corrected chi connectivity index (χ2v) is 4.13. The fourth-order valence-corrected chi connectivity index (χ4v) is 1.82. The van der Waals surface area contributed by atoms with Gasteiger partial charge in [-0.2, -0.15) is 0 Å². The van der Waals surface area contributed by atoms with Gasteiger partial charge in [0.2, 0.25) is 0 Å².